The minimum Gasteiger partial charge on any atom is -0.372 e. The molecule has 1 nitrogen and oxygen atoms in total. The van der Waals surface area contributed by atoms with E-state index in [2.05, 4.69) is 25.4 Å². The lowest BCUT2D eigenvalue weighted by atomic mass is 10.4. The Morgan fingerprint density at radius 1 is 1.50 bits per heavy atom. The van der Waals surface area contributed by atoms with E-state index in [4.69, 9.17) is 0 Å². The van der Waals surface area contributed by atoms with Crippen molar-refractivity contribution >= 4 is 11.8 Å². The summed E-state index contributed by atoms with van der Waals surface area (Å²) in [5.74, 6) is 0. The maximum Gasteiger partial charge on any atom is 0.0741 e. The van der Waals surface area contributed by atoms with E-state index in [-0.39, 0.29) is 0 Å². The Morgan fingerprint density at radius 3 is 2.60 bits per heavy atom. The van der Waals surface area contributed by atoms with Gasteiger partial charge in [0.15, 0.2) is 0 Å². The van der Waals surface area contributed by atoms with Crippen LogP contribution in [0.15, 0.2) is 35.9 Å². The van der Waals surface area contributed by atoms with Crippen LogP contribution in [0.3, 0.4) is 0 Å². The van der Waals surface area contributed by atoms with Crippen molar-refractivity contribution in [2.45, 2.75) is 12.3 Å². The van der Waals surface area contributed by atoms with Crippen LogP contribution < -0.4 is 5.32 Å². The molecule has 0 aliphatic carbocycles. The average Bonchev–Trinajstić information content (AvgIpc) is 2.30. The van der Waals surface area contributed by atoms with E-state index in [1.54, 1.807) is 11.8 Å². The highest BCUT2D eigenvalue weighted by Gasteiger charge is 2.15. The molecule has 0 radical (unpaired) electrons. The van der Waals surface area contributed by atoms with Gasteiger partial charge in [-0.25, -0.2) is 0 Å². The third-order valence-electron chi connectivity index (χ3n) is 1.32. The van der Waals surface area contributed by atoms with Gasteiger partial charge in [0.1, 0.15) is 0 Å². The molecule has 0 fully saturated rings. The van der Waals surface area contributed by atoms with Gasteiger partial charge in [0.25, 0.3) is 0 Å². The zero-order valence-electron chi connectivity index (χ0n) is 6.05. The van der Waals surface area contributed by atoms with E-state index in [1.165, 1.54) is 4.91 Å². The van der Waals surface area contributed by atoms with Crippen molar-refractivity contribution in [3.63, 3.8) is 0 Å². The van der Waals surface area contributed by atoms with E-state index in [0.717, 1.165) is 5.70 Å². The summed E-state index contributed by atoms with van der Waals surface area (Å²) in [6, 6.07) is 0. The van der Waals surface area contributed by atoms with Gasteiger partial charge in [-0.1, -0.05) is 31.0 Å². The molecular weight excluding hydrogens is 142 g/mol. The van der Waals surface area contributed by atoms with E-state index >= 15 is 0 Å². The molecule has 0 aromatic carbocycles. The van der Waals surface area contributed by atoms with Crippen molar-refractivity contribution in [1.29, 1.82) is 0 Å². The molecule has 0 amide bonds. The molecule has 54 valence electrons. The fraction of sp³-hybridized carbons (Fsp3) is 0.250. The molecule has 1 unspecified atom stereocenters. The van der Waals surface area contributed by atoms with Gasteiger partial charge >= 0.3 is 0 Å². The normalized spacial score (nSPS) is 24.3. The monoisotopic (exact) mass is 153 g/mol. The van der Waals surface area contributed by atoms with Gasteiger partial charge < -0.3 is 5.32 Å². The topological polar surface area (TPSA) is 12.0 Å². The van der Waals surface area contributed by atoms with Crippen molar-refractivity contribution in [2.75, 3.05) is 0 Å². The minimum absolute atomic E-state index is 0.459. The summed E-state index contributed by atoms with van der Waals surface area (Å²) in [5, 5.41) is 3.72. The Balaban J connectivity index is 2.80. The van der Waals surface area contributed by atoms with Gasteiger partial charge in [-0.15, -0.1) is 0 Å². The lowest BCUT2D eigenvalue weighted by Gasteiger charge is -2.01. The van der Waals surface area contributed by atoms with Crippen molar-refractivity contribution in [1.82, 2.24) is 5.32 Å². The molecule has 1 rings (SSSR count). The van der Waals surface area contributed by atoms with Crippen molar-refractivity contribution in [3.8, 4) is 0 Å². The van der Waals surface area contributed by atoms with Gasteiger partial charge in [0.05, 0.1) is 5.37 Å². The molecule has 0 saturated carbocycles. The molecule has 1 aliphatic heterocycles. The predicted molar refractivity (Wildman–Crippen MR) is 47.6 cm³/mol. The highest BCUT2D eigenvalue weighted by molar-refractivity contribution is 8.04. The SMILES string of the molecule is C=CC1=C(C=C)SC(C)N1. The van der Waals surface area contributed by atoms with Crippen molar-refractivity contribution < 1.29 is 0 Å². The van der Waals surface area contributed by atoms with Gasteiger partial charge in [-0.3, -0.25) is 0 Å². The van der Waals surface area contributed by atoms with E-state index in [1.807, 2.05) is 12.2 Å². The molecule has 1 atom stereocenters. The lowest BCUT2D eigenvalue weighted by molar-refractivity contribution is 0.840. The number of hydrogen-bond donors (Lipinski definition) is 1. The minimum atomic E-state index is 0.459. The van der Waals surface area contributed by atoms with E-state index < -0.39 is 0 Å². The molecule has 1 aliphatic rings. The summed E-state index contributed by atoms with van der Waals surface area (Å²) >= 11 is 1.78. The Kier molecular flexibility index (Phi) is 2.22. The van der Waals surface area contributed by atoms with Gasteiger partial charge in [-0.05, 0) is 13.0 Å². The first-order valence-electron chi connectivity index (χ1n) is 3.20. The van der Waals surface area contributed by atoms with Crippen LogP contribution in [-0.2, 0) is 0 Å². The molecule has 1 heterocycles. The Labute approximate surface area is 65.9 Å². The van der Waals surface area contributed by atoms with Crippen LogP contribution in [0.4, 0.5) is 0 Å². The summed E-state index contributed by atoms with van der Waals surface area (Å²) in [6.07, 6.45) is 3.69. The standard InChI is InChI=1S/C8H11NS/c1-4-7-8(5-2)10-6(3)9-7/h4-6,9H,1-2H2,3H3. The van der Waals surface area contributed by atoms with Crippen LogP contribution in [0, 0.1) is 0 Å². The Hall–Kier alpha value is -0.630. The summed E-state index contributed by atoms with van der Waals surface area (Å²) in [4.78, 5) is 1.20. The predicted octanol–water partition coefficient (Wildman–Crippen LogP) is 2.25. The van der Waals surface area contributed by atoms with Crippen molar-refractivity contribution in [2.24, 2.45) is 0 Å². The van der Waals surface area contributed by atoms with Gasteiger partial charge in [0, 0.05) is 10.6 Å². The molecule has 2 heteroatoms. The first-order chi connectivity index (χ1) is 4.77. The van der Waals surface area contributed by atoms with Crippen molar-refractivity contribution in [3.05, 3.63) is 35.9 Å². The molecule has 1 N–H and O–H groups in total. The third kappa shape index (κ3) is 1.27. The quantitative estimate of drug-likeness (QED) is 0.653. The smallest absolute Gasteiger partial charge is 0.0741 e. The molecule has 0 bridgehead atoms. The Bertz CT molecular complexity index is 173. The van der Waals surface area contributed by atoms with Gasteiger partial charge in [0.2, 0.25) is 0 Å². The Morgan fingerprint density at radius 2 is 2.20 bits per heavy atom. The van der Waals surface area contributed by atoms with Gasteiger partial charge in [-0.2, -0.15) is 0 Å². The second-order valence-corrected chi connectivity index (χ2v) is 3.47. The second kappa shape index (κ2) is 2.97. The first-order valence-corrected chi connectivity index (χ1v) is 4.08. The van der Waals surface area contributed by atoms with Crippen LogP contribution in [0.25, 0.3) is 0 Å². The first kappa shape index (κ1) is 7.48. The van der Waals surface area contributed by atoms with Crippen LogP contribution >= 0.6 is 11.8 Å². The summed E-state index contributed by atoms with van der Waals surface area (Å²) in [6.45, 7) is 9.52. The number of hydrogen-bond acceptors (Lipinski definition) is 2. The second-order valence-electron chi connectivity index (χ2n) is 2.09. The highest BCUT2D eigenvalue weighted by atomic mass is 32.2. The summed E-state index contributed by atoms with van der Waals surface area (Å²) in [5.41, 5.74) is 1.10. The molecule has 0 saturated heterocycles. The largest absolute Gasteiger partial charge is 0.372 e. The number of allylic oxidation sites excluding steroid dienone is 2. The van der Waals surface area contributed by atoms with Crippen LogP contribution in [0.2, 0.25) is 0 Å². The maximum absolute atomic E-state index is 3.71. The summed E-state index contributed by atoms with van der Waals surface area (Å²) in [7, 11) is 0. The molecule has 0 aromatic rings. The zero-order chi connectivity index (χ0) is 7.56. The van der Waals surface area contributed by atoms with Crippen LogP contribution in [0.5, 0.6) is 0 Å². The van der Waals surface area contributed by atoms with Crippen LogP contribution in [0.1, 0.15) is 6.92 Å². The van der Waals surface area contributed by atoms with E-state index in [9.17, 15) is 0 Å². The number of thioether (sulfide) groups is 1. The third-order valence-corrected chi connectivity index (χ3v) is 2.43. The maximum atomic E-state index is 3.71. The fourth-order valence-corrected chi connectivity index (χ4v) is 1.82. The van der Waals surface area contributed by atoms with E-state index in [0.29, 0.717) is 5.37 Å². The number of rotatable bonds is 2. The van der Waals surface area contributed by atoms with Crippen LogP contribution in [-0.4, -0.2) is 5.37 Å². The average molecular weight is 153 g/mol. The molecule has 0 aromatic heterocycles. The molecule has 0 spiro atoms. The lowest BCUT2D eigenvalue weighted by Crippen LogP contribution is -2.14. The molecule has 10 heavy (non-hydrogen) atoms. The zero-order valence-corrected chi connectivity index (χ0v) is 6.87. The molecular formula is C8H11NS. The fourth-order valence-electron chi connectivity index (χ4n) is 0.891. The highest BCUT2D eigenvalue weighted by Crippen LogP contribution is 2.30. The summed E-state index contributed by atoms with van der Waals surface area (Å²) < 4.78 is 0. The number of nitrogens with one attached hydrogen (secondary N) is 1.